The zero-order valence-electron chi connectivity index (χ0n) is 17.2. The zero-order valence-corrected chi connectivity index (χ0v) is 20.5. The van der Waals surface area contributed by atoms with E-state index in [4.69, 9.17) is 0 Å². The minimum absolute atomic E-state index is 0. The third-order valence-corrected chi connectivity index (χ3v) is 7.27. The molecule has 0 saturated carbocycles. The van der Waals surface area contributed by atoms with E-state index in [2.05, 4.69) is 49.0 Å². The maximum absolute atomic E-state index is 12.8. The Labute approximate surface area is 198 Å². The van der Waals surface area contributed by atoms with E-state index in [-0.39, 0.29) is 18.4 Å². The van der Waals surface area contributed by atoms with E-state index in [0.717, 1.165) is 39.9 Å². The van der Waals surface area contributed by atoms with Gasteiger partial charge in [0.1, 0.15) is 0 Å². The Balaban J connectivity index is 0.00000272. The van der Waals surface area contributed by atoms with Gasteiger partial charge in [-0.1, -0.05) is 46.3 Å². The van der Waals surface area contributed by atoms with Crippen molar-refractivity contribution in [2.24, 2.45) is 0 Å². The lowest BCUT2D eigenvalue weighted by Crippen LogP contribution is -2.45. The summed E-state index contributed by atoms with van der Waals surface area (Å²) in [4.78, 5) is 9.57. The normalized spacial score (nSPS) is 17.0. The fraction of sp³-hybridized carbons (Fsp3) is 0.318. The number of fused-ring (bicyclic) bond motifs is 1. The topological polar surface area (TPSA) is 69.3 Å². The SMILES string of the molecule is CS(=O)(=O)N1Cc2cc(Br)ccc2N(CCc2cnc[nH]2)C[C@H]1Cc1ccccc1.Cl. The monoisotopic (exact) mass is 524 g/mol. The fourth-order valence-corrected chi connectivity index (χ4v) is 5.52. The van der Waals surface area contributed by atoms with Gasteiger partial charge in [-0.3, -0.25) is 0 Å². The molecule has 0 fully saturated rings. The van der Waals surface area contributed by atoms with Crippen LogP contribution in [0.1, 0.15) is 16.8 Å². The van der Waals surface area contributed by atoms with Crippen molar-refractivity contribution in [2.45, 2.75) is 25.4 Å². The van der Waals surface area contributed by atoms with Crippen molar-refractivity contribution in [1.29, 1.82) is 0 Å². The molecule has 1 atom stereocenters. The maximum Gasteiger partial charge on any atom is 0.211 e. The van der Waals surface area contributed by atoms with Crippen molar-refractivity contribution in [1.82, 2.24) is 14.3 Å². The molecule has 31 heavy (non-hydrogen) atoms. The maximum atomic E-state index is 12.8. The molecule has 0 unspecified atom stereocenters. The quantitative estimate of drug-likeness (QED) is 0.528. The minimum atomic E-state index is -3.38. The largest absolute Gasteiger partial charge is 0.369 e. The van der Waals surface area contributed by atoms with Gasteiger partial charge in [0.05, 0.1) is 12.6 Å². The van der Waals surface area contributed by atoms with Crippen LogP contribution in [0.15, 0.2) is 65.5 Å². The van der Waals surface area contributed by atoms with E-state index < -0.39 is 10.0 Å². The average Bonchev–Trinajstić information content (AvgIpc) is 3.17. The lowest BCUT2D eigenvalue weighted by atomic mass is 10.1. The number of aromatic amines is 1. The van der Waals surface area contributed by atoms with Gasteiger partial charge in [-0.05, 0) is 35.7 Å². The number of imidazole rings is 1. The summed E-state index contributed by atoms with van der Waals surface area (Å²) >= 11 is 3.55. The average molecular weight is 526 g/mol. The molecule has 1 aliphatic heterocycles. The molecule has 1 aliphatic rings. The van der Waals surface area contributed by atoms with Crippen LogP contribution in [0, 0.1) is 0 Å². The number of hydrogen-bond acceptors (Lipinski definition) is 4. The summed E-state index contributed by atoms with van der Waals surface area (Å²) < 4.78 is 28.1. The lowest BCUT2D eigenvalue weighted by Gasteiger charge is -2.31. The van der Waals surface area contributed by atoms with Gasteiger partial charge in [-0.25, -0.2) is 13.4 Å². The van der Waals surface area contributed by atoms with E-state index in [9.17, 15) is 8.42 Å². The molecule has 0 bridgehead atoms. The van der Waals surface area contributed by atoms with E-state index in [1.165, 1.54) is 6.26 Å². The first-order valence-corrected chi connectivity index (χ1v) is 12.6. The summed E-state index contributed by atoms with van der Waals surface area (Å²) in [7, 11) is -3.38. The van der Waals surface area contributed by atoms with Crippen LogP contribution in [0.25, 0.3) is 0 Å². The van der Waals surface area contributed by atoms with Gasteiger partial charge in [0, 0.05) is 54.1 Å². The number of nitrogens with zero attached hydrogens (tertiary/aromatic N) is 3. The van der Waals surface area contributed by atoms with Gasteiger partial charge in [-0.2, -0.15) is 4.31 Å². The molecule has 9 heteroatoms. The number of sulfonamides is 1. The zero-order chi connectivity index (χ0) is 21.1. The summed E-state index contributed by atoms with van der Waals surface area (Å²) in [6, 6.07) is 16.1. The van der Waals surface area contributed by atoms with Gasteiger partial charge in [0.15, 0.2) is 0 Å². The third-order valence-electron chi connectivity index (χ3n) is 5.49. The number of rotatable bonds is 6. The molecule has 0 spiro atoms. The fourth-order valence-electron chi connectivity index (χ4n) is 4.06. The molecule has 0 amide bonds. The Morgan fingerprint density at radius 3 is 2.65 bits per heavy atom. The molecule has 1 aromatic heterocycles. The molecule has 0 radical (unpaired) electrons. The van der Waals surface area contributed by atoms with Crippen LogP contribution in [0.4, 0.5) is 5.69 Å². The lowest BCUT2D eigenvalue weighted by molar-refractivity contribution is 0.320. The molecular weight excluding hydrogens is 500 g/mol. The highest BCUT2D eigenvalue weighted by Gasteiger charge is 2.33. The summed E-state index contributed by atoms with van der Waals surface area (Å²) in [5.74, 6) is 0. The van der Waals surface area contributed by atoms with Crippen LogP contribution >= 0.6 is 28.3 Å². The van der Waals surface area contributed by atoms with Crippen LogP contribution in [0.5, 0.6) is 0 Å². The summed E-state index contributed by atoms with van der Waals surface area (Å²) in [5, 5.41) is 0. The first-order valence-electron chi connectivity index (χ1n) is 9.91. The van der Waals surface area contributed by atoms with Crippen molar-refractivity contribution in [2.75, 3.05) is 24.2 Å². The predicted molar refractivity (Wildman–Crippen MR) is 130 cm³/mol. The van der Waals surface area contributed by atoms with E-state index >= 15 is 0 Å². The van der Waals surface area contributed by atoms with E-state index in [1.54, 1.807) is 10.6 Å². The molecule has 3 aromatic rings. The van der Waals surface area contributed by atoms with E-state index in [0.29, 0.717) is 19.5 Å². The van der Waals surface area contributed by atoms with Crippen LogP contribution in [-0.2, 0) is 29.4 Å². The Kier molecular flexibility index (Phi) is 7.80. The number of benzene rings is 2. The number of halogens is 2. The van der Waals surface area contributed by atoms with Crippen LogP contribution < -0.4 is 4.90 Å². The van der Waals surface area contributed by atoms with Crippen molar-refractivity contribution >= 4 is 44.0 Å². The summed E-state index contributed by atoms with van der Waals surface area (Å²) in [6.07, 6.45) is 6.32. The Morgan fingerprint density at radius 1 is 1.19 bits per heavy atom. The second-order valence-electron chi connectivity index (χ2n) is 7.70. The van der Waals surface area contributed by atoms with Gasteiger partial charge in [0.2, 0.25) is 10.0 Å². The molecule has 4 rings (SSSR count). The standard InChI is InChI=1S/C22H25BrN4O2S.ClH/c1-30(28,29)27-14-18-12-19(23)7-8-22(18)26(10-9-20-13-24-16-25-20)15-21(27)11-17-5-3-2-4-6-17;/h2-8,12-13,16,21H,9-11,14-15H2,1H3,(H,24,25);1H/t21-;/m1./s1. The Bertz CT molecular complexity index is 1090. The van der Waals surface area contributed by atoms with Gasteiger partial charge >= 0.3 is 0 Å². The molecule has 6 nitrogen and oxygen atoms in total. The molecule has 0 aliphatic carbocycles. The van der Waals surface area contributed by atoms with Crippen LogP contribution in [0.3, 0.4) is 0 Å². The molecule has 0 saturated heterocycles. The summed E-state index contributed by atoms with van der Waals surface area (Å²) in [5.41, 5.74) is 4.30. The van der Waals surface area contributed by atoms with Crippen molar-refractivity contribution < 1.29 is 8.42 Å². The minimum Gasteiger partial charge on any atom is -0.369 e. The molecule has 166 valence electrons. The van der Waals surface area contributed by atoms with Crippen LogP contribution in [0.2, 0.25) is 0 Å². The Hall–Kier alpha value is -1.87. The van der Waals surface area contributed by atoms with Crippen LogP contribution in [-0.4, -0.2) is 48.1 Å². The molecule has 2 aromatic carbocycles. The number of H-pyrrole nitrogens is 1. The molecular formula is C22H26BrClN4O2S. The number of hydrogen-bond donors (Lipinski definition) is 1. The first-order chi connectivity index (χ1) is 14.4. The van der Waals surface area contributed by atoms with Gasteiger partial charge < -0.3 is 9.88 Å². The number of aromatic nitrogens is 2. The molecule has 2 heterocycles. The van der Waals surface area contributed by atoms with Crippen molar-refractivity contribution in [3.05, 3.63) is 82.3 Å². The van der Waals surface area contributed by atoms with Gasteiger partial charge in [-0.15, -0.1) is 12.4 Å². The first kappa shape index (κ1) is 23.8. The third kappa shape index (κ3) is 5.88. The number of anilines is 1. The van der Waals surface area contributed by atoms with E-state index in [1.807, 2.05) is 36.5 Å². The highest BCUT2D eigenvalue weighted by molar-refractivity contribution is 9.10. The predicted octanol–water partition coefficient (Wildman–Crippen LogP) is 4.03. The second-order valence-corrected chi connectivity index (χ2v) is 10.5. The van der Waals surface area contributed by atoms with Gasteiger partial charge in [0.25, 0.3) is 0 Å². The van der Waals surface area contributed by atoms with Crippen molar-refractivity contribution in [3.8, 4) is 0 Å². The smallest absolute Gasteiger partial charge is 0.211 e. The highest BCUT2D eigenvalue weighted by Crippen LogP contribution is 2.32. The number of nitrogens with one attached hydrogen (secondary N) is 1. The second kappa shape index (κ2) is 10.2. The summed E-state index contributed by atoms with van der Waals surface area (Å²) in [6.45, 7) is 1.77. The highest BCUT2D eigenvalue weighted by atomic mass is 79.9. The Morgan fingerprint density at radius 2 is 1.97 bits per heavy atom. The van der Waals surface area contributed by atoms with Crippen molar-refractivity contribution in [3.63, 3.8) is 0 Å². The molecule has 1 N–H and O–H groups in total.